The Bertz CT molecular complexity index is 636. The number of hydrogen-bond donors (Lipinski definition) is 0. The predicted molar refractivity (Wildman–Crippen MR) is 72.0 cm³/mol. The van der Waals surface area contributed by atoms with Crippen molar-refractivity contribution in [1.82, 2.24) is 9.55 Å². The van der Waals surface area contributed by atoms with E-state index in [0.29, 0.717) is 11.2 Å². The molecule has 18 heavy (non-hydrogen) atoms. The number of pyridine rings is 1. The third-order valence-electron chi connectivity index (χ3n) is 2.97. The van der Waals surface area contributed by atoms with Gasteiger partial charge in [0.15, 0.2) is 17.6 Å². The monoisotopic (exact) mass is 248 g/mol. The molecular weight excluding hydrogens is 228 g/mol. The van der Waals surface area contributed by atoms with Crippen molar-refractivity contribution in [2.24, 2.45) is 0 Å². The van der Waals surface area contributed by atoms with Crippen molar-refractivity contribution >= 4 is 11.2 Å². The van der Waals surface area contributed by atoms with Crippen LogP contribution in [0.1, 0.15) is 47.1 Å². The van der Waals surface area contributed by atoms with Gasteiger partial charge in [0, 0.05) is 11.1 Å². The zero-order valence-corrected chi connectivity index (χ0v) is 11.9. The molecule has 2 heterocycles. The topological polar surface area (TPSA) is 48.0 Å². The van der Waals surface area contributed by atoms with Crippen molar-refractivity contribution < 1.29 is 4.42 Å². The molecule has 0 fully saturated rings. The summed E-state index contributed by atoms with van der Waals surface area (Å²) in [5.41, 5.74) is 1.49. The van der Waals surface area contributed by atoms with Crippen LogP contribution in [-0.2, 0) is 11.0 Å². The zero-order valence-electron chi connectivity index (χ0n) is 11.9. The number of oxazole rings is 1. The first-order valence-corrected chi connectivity index (χ1v) is 6.12. The summed E-state index contributed by atoms with van der Waals surface area (Å²) in [6.07, 6.45) is 1.39. The minimum Gasteiger partial charge on any atom is -0.442 e. The normalized spacial score (nSPS) is 13.2. The maximum atomic E-state index is 12.7. The van der Waals surface area contributed by atoms with Gasteiger partial charge in [-0.15, -0.1) is 0 Å². The average Bonchev–Trinajstić information content (AvgIpc) is 2.59. The molecule has 98 valence electrons. The number of fused-ring (bicyclic) bond motifs is 1. The van der Waals surface area contributed by atoms with Crippen LogP contribution in [0.4, 0.5) is 0 Å². The molecule has 2 aromatic heterocycles. The summed E-state index contributed by atoms with van der Waals surface area (Å²) in [6.45, 7) is 12.1. The van der Waals surface area contributed by atoms with E-state index < -0.39 is 0 Å². The molecule has 0 radical (unpaired) electrons. The van der Waals surface area contributed by atoms with E-state index in [4.69, 9.17) is 4.42 Å². The molecule has 0 spiro atoms. The first-order valence-electron chi connectivity index (χ1n) is 6.12. The van der Waals surface area contributed by atoms with Crippen LogP contribution in [0, 0.1) is 0 Å². The van der Waals surface area contributed by atoms with E-state index in [1.54, 1.807) is 4.57 Å². The van der Waals surface area contributed by atoms with Crippen LogP contribution in [0.25, 0.3) is 11.2 Å². The molecule has 0 unspecified atom stereocenters. The molecule has 0 aromatic carbocycles. The van der Waals surface area contributed by atoms with Crippen LogP contribution in [0.3, 0.4) is 0 Å². The molecule has 0 N–H and O–H groups in total. The summed E-state index contributed by atoms with van der Waals surface area (Å²) < 4.78 is 7.09. The Labute approximate surface area is 107 Å². The summed E-state index contributed by atoms with van der Waals surface area (Å²) in [4.78, 5) is 16.8. The molecule has 4 heteroatoms. The molecule has 0 bridgehead atoms. The van der Waals surface area contributed by atoms with Crippen LogP contribution in [0.2, 0.25) is 0 Å². The number of hydrogen-bond acceptors (Lipinski definition) is 3. The molecule has 0 aliphatic heterocycles. The summed E-state index contributed by atoms with van der Waals surface area (Å²) in [7, 11) is 0. The summed E-state index contributed by atoms with van der Waals surface area (Å²) >= 11 is 0. The molecule has 0 atom stereocenters. The Balaban J connectivity index is 2.95. The maximum absolute atomic E-state index is 12.7. The Morgan fingerprint density at radius 1 is 1.17 bits per heavy atom. The van der Waals surface area contributed by atoms with E-state index in [1.165, 1.54) is 6.39 Å². The van der Waals surface area contributed by atoms with Crippen molar-refractivity contribution in [2.45, 2.75) is 52.5 Å². The Morgan fingerprint density at radius 2 is 1.78 bits per heavy atom. The summed E-state index contributed by atoms with van der Waals surface area (Å²) in [5.74, 6) is 0. The van der Waals surface area contributed by atoms with Gasteiger partial charge in [-0.1, -0.05) is 20.8 Å². The van der Waals surface area contributed by atoms with Crippen molar-refractivity contribution in [1.29, 1.82) is 0 Å². The minimum absolute atomic E-state index is 0.0106. The summed E-state index contributed by atoms with van der Waals surface area (Å²) in [5, 5.41) is 0. The minimum atomic E-state index is -0.326. The Hall–Kier alpha value is -1.58. The van der Waals surface area contributed by atoms with Crippen LogP contribution >= 0.6 is 0 Å². The second kappa shape index (κ2) is 3.70. The van der Waals surface area contributed by atoms with Gasteiger partial charge in [-0.25, -0.2) is 0 Å². The van der Waals surface area contributed by atoms with Gasteiger partial charge in [0.25, 0.3) is 5.56 Å². The predicted octanol–water partition coefficient (Wildman–Crippen LogP) is 3.04. The SMILES string of the molecule is CC(C)(C)c1cc2ocnc2n(C(C)(C)C)c1=O. The molecule has 0 aliphatic carbocycles. The van der Waals surface area contributed by atoms with Gasteiger partial charge in [-0.2, -0.15) is 4.98 Å². The smallest absolute Gasteiger partial charge is 0.256 e. The quantitative estimate of drug-likeness (QED) is 0.720. The molecule has 2 rings (SSSR count). The van der Waals surface area contributed by atoms with Crippen LogP contribution in [0.5, 0.6) is 0 Å². The van der Waals surface area contributed by atoms with Crippen LogP contribution < -0.4 is 5.56 Å². The van der Waals surface area contributed by atoms with E-state index in [9.17, 15) is 4.79 Å². The molecule has 0 saturated heterocycles. The number of rotatable bonds is 0. The molecular formula is C14H20N2O2. The standard InChI is InChI=1S/C14H20N2O2/c1-13(2,3)9-7-10-11(15-8-18-10)16(12(9)17)14(4,5)6/h7-8H,1-6H3. The number of aromatic nitrogens is 2. The first-order chi connectivity index (χ1) is 8.12. The van der Waals surface area contributed by atoms with Gasteiger partial charge in [0.05, 0.1) is 0 Å². The van der Waals surface area contributed by atoms with E-state index in [0.717, 1.165) is 5.56 Å². The lowest BCUT2D eigenvalue weighted by atomic mass is 9.87. The van der Waals surface area contributed by atoms with Crippen LogP contribution in [0.15, 0.2) is 21.7 Å². The third kappa shape index (κ3) is 1.96. The van der Waals surface area contributed by atoms with Crippen molar-refractivity contribution in [3.05, 3.63) is 28.4 Å². The fraction of sp³-hybridized carbons (Fsp3) is 0.571. The molecule has 4 nitrogen and oxygen atoms in total. The lowest BCUT2D eigenvalue weighted by Gasteiger charge is -2.26. The van der Waals surface area contributed by atoms with E-state index in [-0.39, 0.29) is 16.5 Å². The van der Waals surface area contributed by atoms with Crippen molar-refractivity contribution in [3.63, 3.8) is 0 Å². The highest BCUT2D eigenvalue weighted by Crippen LogP contribution is 2.25. The largest absolute Gasteiger partial charge is 0.442 e. The van der Waals surface area contributed by atoms with Gasteiger partial charge >= 0.3 is 0 Å². The highest BCUT2D eigenvalue weighted by molar-refractivity contribution is 5.69. The second-order valence-electron chi connectivity index (χ2n) is 6.66. The molecule has 0 amide bonds. The van der Waals surface area contributed by atoms with Gasteiger partial charge in [-0.3, -0.25) is 9.36 Å². The molecule has 0 aliphatic rings. The van der Waals surface area contributed by atoms with E-state index in [2.05, 4.69) is 4.98 Å². The molecule has 0 saturated carbocycles. The lowest BCUT2D eigenvalue weighted by Crippen LogP contribution is -2.38. The summed E-state index contributed by atoms with van der Waals surface area (Å²) in [6, 6.07) is 1.81. The van der Waals surface area contributed by atoms with Gasteiger partial charge in [0.1, 0.15) is 0 Å². The Morgan fingerprint density at radius 3 is 2.28 bits per heavy atom. The Kier molecular flexibility index (Phi) is 2.65. The van der Waals surface area contributed by atoms with Gasteiger partial charge in [-0.05, 0) is 32.3 Å². The third-order valence-corrected chi connectivity index (χ3v) is 2.97. The average molecular weight is 248 g/mol. The second-order valence-corrected chi connectivity index (χ2v) is 6.66. The first kappa shape index (κ1) is 12.9. The number of nitrogens with zero attached hydrogens (tertiary/aromatic N) is 2. The fourth-order valence-corrected chi connectivity index (χ4v) is 2.08. The maximum Gasteiger partial charge on any atom is 0.256 e. The van der Waals surface area contributed by atoms with Gasteiger partial charge in [0.2, 0.25) is 0 Å². The lowest BCUT2D eigenvalue weighted by molar-refractivity contribution is 0.389. The fourth-order valence-electron chi connectivity index (χ4n) is 2.08. The van der Waals surface area contributed by atoms with Gasteiger partial charge < -0.3 is 4.42 Å². The van der Waals surface area contributed by atoms with E-state index in [1.807, 2.05) is 47.6 Å². The highest BCUT2D eigenvalue weighted by atomic mass is 16.3. The van der Waals surface area contributed by atoms with Crippen molar-refractivity contribution in [2.75, 3.05) is 0 Å². The molecule has 2 aromatic rings. The zero-order chi connectivity index (χ0) is 13.7. The van der Waals surface area contributed by atoms with Crippen molar-refractivity contribution in [3.8, 4) is 0 Å². The van der Waals surface area contributed by atoms with E-state index >= 15 is 0 Å². The van der Waals surface area contributed by atoms with Crippen LogP contribution in [-0.4, -0.2) is 9.55 Å². The highest BCUT2D eigenvalue weighted by Gasteiger charge is 2.26.